The van der Waals surface area contributed by atoms with E-state index in [0.717, 1.165) is 40.7 Å². The Morgan fingerprint density at radius 1 is 0.833 bits per heavy atom. The Morgan fingerprint density at radius 3 is 1.90 bits per heavy atom. The lowest BCUT2D eigenvalue weighted by atomic mass is 9.87. The van der Waals surface area contributed by atoms with Gasteiger partial charge < -0.3 is 20.1 Å². The predicted molar refractivity (Wildman–Crippen MR) is 117 cm³/mol. The molecule has 3 aromatic rings. The smallest absolute Gasteiger partial charge is 0.341 e. The van der Waals surface area contributed by atoms with Gasteiger partial charge in [-0.25, -0.2) is 4.79 Å². The third-order valence-electron chi connectivity index (χ3n) is 4.66. The maximum absolute atomic E-state index is 10.9. The third kappa shape index (κ3) is 5.20. The first kappa shape index (κ1) is 21.0. The Balaban J connectivity index is 2.19. The number of hydrogen-bond acceptors (Lipinski definition) is 4. The molecule has 0 aliphatic rings. The van der Waals surface area contributed by atoms with Crippen molar-refractivity contribution in [2.45, 2.75) is 19.8 Å². The normalized spacial score (nSPS) is 10.4. The van der Waals surface area contributed by atoms with E-state index in [1.807, 2.05) is 42.5 Å². The molecule has 0 fully saturated rings. The molecule has 154 valence electrons. The van der Waals surface area contributed by atoms with Crippen molar-refractivity contribution in [2.24, 2.45) is 0 Å². The van der Waals surface area contributed by atoms with Crippen LogP contribution in [0.1, 0.15) is 36.5 Å². The summed E-state index contributed by atoms with van der Waals surface area (Å²) in [6.45, 7) is 1.69. The molecule has 0 aliphatic heterocycles. The third-order valence-corrected chi connectivity index (χ3v) is 4.66. The maximum atomic E-state index is 10.9. The van der Waals surface area contributed by atoms with Gasteiger partial charge in [0.25, 0.3) is 0 Å². The zero-order chi connectivity index (χ0) is 21.5. The number of phenolic OH excluding ortho intramolecular Hbond substituents is 2. The summed E-state index contributed by atoms with van der Waals surface area (Å²) in [6, 6.07) is 21.4. The topological polar surface area (TPSA) is 87.0 Å². The van der Waals surface area contributed by atoms with Crippen LogP contribution in [-0.2, 0) is 4.79 Å². The fraction of sp³-hybridized carbons (Fsp3) is 0.160. The lowest BCUT2D eigenvalue weighted by molar-refractivity contribution is -0.139. The summed E-state index contributed by atoms with van der Waals surface area (Å²) in [5.41, 5.74) is 4.83. The number of benzene rings is 3. The number of hydrogen-bond donors (Lipinski definition) is 3. The number of phenols is 2. The second-order valence-corrected chi connectivity index (χ2v) is 6.91. The first-order chi connectivity index (χ1) is 14.5. The Bertz CT molecular complexity index is 986. The number of aliphatic carboxylic acids is 1. The Hall–Kier alpha value is -3.73. The minimum atomic E-state index is -1.03. The molecule has 0 aromatic heterocycles. The SMILES string of the molecule is CCCC(=C(c1ccc(O)cc1)c1ccc(O)cc1)c1cccc(OCC(=O)O)c1. The molecular formula is C25H24O5. The van der Waals surface area contributed by atoms with Gasteiger partial charge >= 0.3 is 5.97 Å². The van der Waals surface area contributed by atoms with Crippen molar-refractivity contribution in [3.63, 3.8) is 0 Å². The highest BCUT2D eigenvalue weighted by molar-refractivity contribution is 5.98. The van der Waals surface area contributed by atoms with Crippen LogP contribution in [0.25, 0.3) is 11.1 Å². The van der Waals surface area contributed by atoms with Gasteiger partial charge in [0, 0.05) is 0 Å². The molecule has 5 heteroatoms. The molecule has 3 aromatic carbocycles. The van der Waals surface area contributed by atoms with E-state index >= 15 is 0 Å². The Kier molecular flexibility index (Phi) is 6.75. The summed E-state index contributed by atoms with van der Waals surface area (Å²) in [6.07, 6.45) is 1.68. The van der Waals surface area contributed by atoms with E-state index in [1.165, 1.54) is 0 Å². The summed E-state index contributed by atoms with van der Waals surface area (Å²) in [5.74, 6) is -0.173. The second-order valence-electron chi connectivity index (χ2n) is 6.91. The molecule has 0 atom stereocenters. The van der Waals surface area contributed by atoms with Gasteiger partial charge in [-0.1, -0.05) is 49.7 Å². The van der Waals surface area contributed by atoms with E-state index in [0.29, 0.717) is 5.75 Å². The van der Waals surface area contributed by atoms with Crippen molar-refractivity contribution < 1.29 is 24.9 Å². The molecule has 0 saturated carbocycles. The van der Waals surface area contributed by atoms with Crippen LogP contribution in [-0.4, -0.2) is 27.9 Å². The number of aromatic hydroxyl groups is 2. The molecule has 0 heterocycles. The summed E-state index contributed by atoms with van der Waals surface area (Å²) in [4.78, 5) is 10.9. The molecule has 0 aliphatic carbocycles. The highest BCUT2D eigenvalue weighted by Crippen LogP contribution is 2.37. The zero-order valence-electron chi connectivity index (χ0n) is 16.7. The van der Waals surface area contributed by atoms with Crippen molar-refractivity contribution in [1.29, 1.82) is 0 Å². The lowest BCUT2D eigenvalue weighted by Gasteiger charge is -2.18. The monoisotopic (exact) mass is 404 g/mol. The largest absolute Gasteiger partial charge is 0.508 e. The number of carboxylic acid groups (broad SMARTS) is 1. The summed E-state index contributed by atoms with van der Waals surface area (Å²) in [7, 11) is 0. The van der Waals surface area contributed by atoms with Crippen LogP contribution in [0.4, 0.5) is 0 Å². The van der Waals surface area contributed by atoms with E-state index < -0.39 is 12.6 Å². The number of allylic oxidation sites excluding steroid dienone is 1. The van der Waals surface area contributed by atoms with Crippen molar-refractivity contribution in [3.8, 4) is 17.2 Å². The maximum Gasteiger partial charge on any atom is 0.341 e. The van der Waals surface area contributed by atoms with Crippen LogP contribution in [0.3, 0.4) is 0 Å². The van der Waals surface area contributed by atoms with Gasteiger partial charge in [0.05, 0.1) is 0 Å². The van der Waals surface area contributed by atoms with Crippen molar-refractivity contribution in [3.05, 3.63) is 89.5 Å². The fourth-order valence-corrected chi connectivity index (χ4v) is 3.35. The molecular weight excluding hydrogens is 380 g/mol. The molecule has 0 saturated heterocycles. The van der Waals surface area contributed by atoms with Crippen LogP contribution >= 0.6 is 0 Å². The van der Waals surface area contributed by atoms with Gasteiger partial charge in [0.1, 0.15) is 17.2 Å². The molecule has 30 heavy (non-hydrogen) atoms. The van der Waals surface area contributed by atoms with Gasteiger partial charge in [-0.05, 0) is 70.7 Å². The van der Waals surface area contributed by atoms with E-state index in [-0.39, 0.29) is 11.5 Å². The van der Waals surface area contributed by atoms with Gasteiger partial charge in [0.15, 0.2) is 6.61 Å². The standard InChI is InChI=1S/C25H24O5/c1-2-4-23(19-5-3-6-22(15-19)30-16-24(28)29)25(17-7-11-20(26)12-8-17)18-9-13-21(27)14-10-18/h3,5-15,26-27H,2,4,16H2,1H3,(H,28,29). The quantitative estimate of drug-likeness (QED) is 0.442. The summed E-state index contributed by atoms with van der Waals surface area (Å²) >= 11 is 0. The van der Waals surface area contributed by atoms with Gasteiger partial charge in [-0.3, -0.25) is 0 Å². The van der Waals surface area contributed by atoms with Crippen molar-refractivity contribution in [1.82, 2.24) is 0 Å². The van der Waals surface area contributed by atoms with Crippen LogP contribution in [0.5, 0.6) is 17.2 Å². The van der Waals surface area contributed by atoms with Crippen LogP contribution < -0.4 is 4.74 Å². The molecule has 0 radical (unpaired) electrons. The number of rotatable bonds is 8. The van der Waals surface area contributed by atoms with Gasteiger partial charge in [-0.15, -0.1) is 0 Å². The molecule has 0 amide bonds. The lowest BCUT2D eigenvalue weighted by Crippen LogP contribution is -2.09. The molecule has 0 spiro atoms. The average molecular weight is 404 g/mol. The minimum absolute atomic E-state index is 0.185. The molecule has 3 N–H and O–H groups in total. The van der Waals surface area contributed by atoms with Crippen LogP contribution in [0.2, 0.25) is 0 Å². The number of carbonyl (C=O) groups is 1. The Morgan fingerprint density at radius 2 is 1.40 bits per heavy atom. The fourth-order valence-electron chi connectivity index (χ4n) is 3.35. The first-order valence-corrected chi connectivity index (χ1v) is 9.75. The summed E-state index contributed by atoms with van der Waals surface area (Å²) in [5, 5.41) is 28.4. The zero-order valence-corrected chi connectivity index (χ0v) is 16.7. The predicted octanol–water partition coefficient (Wildman–Crippen LogP) is 5.32. The van der Waals surface area contributed by atoms with Crippen molar-refractivity contribution in [2.75, 3.05) is 6.61 Å². The number of carboxylic acids is 1. The van der Waals surface area contributed by atoms with E-state index in [2.05, 4.69) is 6.92 Å². The highest BCUT2D eigenvalue weighted by atomic mass is 16.5. The molecule has 0 unspecified atom stereocenters. The van der Waals surface area contributed by atoms with E-state index in [1.54, 1.807) is 30.3 Å². The van der Waals surface area contributed by atoms with Crippen LogP contribution in [0, 0.1) is 0 Å². The number of ether oxygens (including phenoxy) is 1. The second kappa shape index (κ2) is 9.65. The van der Waals surface area contributed by atoms with E-state index in [4.69, 9.17) is 9.84 Å². The van der Waals surface area contributed by atoms with Gasteiger partial charge in [-0.2, -0.15) is 0 Å². The highest BCUT2D eigenvalue weighted by Gasteiger charge is 2.15. The minimum Gasteiger partial charge on any atom is -0.508 e. The summed E-state index contributed by atoms with van der Waals surface area (Å²) < 4.78 is 5.37. The molecule has 5 nitrogen and oxygen atoms in total. The first-order valence-electron chi connectivity index (χ1n) is 9.75. The van der Waals surface area contributed by atoms with Crippen molar-refractivity contribution >= 4 is 17.1 Å². The average Bonchev–Trinajstić information content (AvgIpc) is 2.74. The van der Waals surface area contributed by atoms with Gasteiger partial charge in [0.2, 0.25) is 0 Å². The van der Waals surface area contributed by atoms with Crippen LogP contribution in [0.15, 0.2) is 72.8 Å². The van der Waals surface area contributed by atoms with E-state index in [9.17, 15) is 15.0 Å². The Labute approximate surface area is 175 Å². The molecule has 3 rings (SSSR count). The molecule has 0 bridgehead atoms.